The summed E-state index contributed by atoms with van der Waals surface area (Å²) in [6, 6.07) is 0.601. The second kappa shape index (κ2) is 13.6. The van der Waals surface area contributed by atoms with Crippen LogP contribution in [0.25, 0.3) is 0 Å². The highest BCUT2D eigenvalue weighted by Crippen LogP contribution is 2.31. The van der Waals surface area contributed by atoms with Gasteiger partial charge in [-0.25, -0.2) is 0 Å². The van der Waals surface area contributed by atoms with E-state index in [1.54, 1.807) is 14.2 Å². The van der Waals surface area contributed by atoms with Gasteiger partial charge in [-0.05, 0) is 31.7 Å². The molecule has 0 aromatic rings. The lowest BCUT2D eigenvalue weighted by Gasteiger charge is -2.37. The van der Waals surface area contributed by atoms with Crippen LogP contribution in [0.5, 0.6) is 0 Å². The molecule has 7 nitrogen and oxygen atoms in total. The van der Waals surface area contributed by atoms with Gasteiger partial charge in [0.1, 0.15) is 0 Å². The number of methoxy groups -OCH3 is 1. The zero-order valence-corrected chi connectivity index (χ0v) is 18.6. The molecule has 8 heteroatoms. The van der Waals surface area contributed by atoms with Gasteiger partial charge in [-0.15, -0.1) is 0 Å². The molecule has 0 saturated heterocycles. The number of carbonyl (C=O) groups excluding carboxylic acids is 1. The van der Waals surface area contributed by atoms with Crippen LogP contribution >= 0.6 is 0 Å². The van der Waals surface area contributed by atoms with Gasteiger partial charge in [-0.1, -0.05) is 27.7 Å². The Morgan fingerprint density at radius 1 is 1.08 bits per heavy atom. The predicted molar refractivity (Wildman–Crippen MR) is 103 cm³/mol. The molecule has 0 bridgehead atoms. The van der Waals surface area contributed by atoms with E-state index in [1.165, 1.54) is 7.11 Å². The average Bonchev–Trinajstić information content (AvgIpc) is 2.65. The smallest absolute Gasteiger partial charge is 0.469 e. The van der Waals surface area contributed by atoms with Crippen LogP contribution in [0.15, 0.2) is 0 Å². The number of nitrogens with two attached hydrogens (primary N) is 1. The van der Waals surface area contributed by atoms with Crippen LogP contribution in [0.3, 0.4) is 0 Å². The summed E-state index contributed by atoms with van der Waals surface area (Å²) in [4.78, 5) is 12.3. The summed E-state index contributed by atoms with van der Waals surface area (Å²) in [6.07, 6.45) is 1.49. The Balaban J connectivity index is 5.59. The summed E-state index contributed by atoms with van der Waals surface area (Å²) in [7, 11) is 1.65. The SMILES string of the molecule is CCC(C(=O)OC)C(CC)C(OCC(C)C)O[Si](CCCN)(OC)OC. The Kier molecular flexibility index (Phi) is 13.4. The first-order chi connectivity index (χ1) is 12.3. The maximum Gasteiger partial charge on any atom is 0.502 e. The van der Waals surface area contributed by atoms with Gasteiger partial charge in [-0.3, -0.25) is 4.79 Å². The van der Waals surface area contributed by atoms with Crippen molar-refractivity contribution in [1.29, 1.82) is 0 Å². The molecule has 26 heavy (non-hydrogen) atoms. The molecule has 0 radical (unpaired) electrons. The van der Waals surface area contributed by atoms with Crippen molar-refractivity contribution >= 4 is 14.8 Å². The highest BCUT2D eigenvalue weighted by molar-refractivity contribution is 6.60. The molecule has 0 aromatic heterocycles. The van der Waals surface area contributed by atoms with Crippen LogP contribution in [0.2, 0.25) is 6.04 Å². The fraction of sp³-hybridized carbons (Fsp3) is 0.944. The Morgan fingerprint density at radius 2 is 1.69 bits per heavy atom. The Hall–Kier alpha value is -0.513. The largest absolute Gasteiger partial charge is 0.502 e. The van der Waals surface area contributed by atoms with Crippen LogP contribution in [-0.4, -0.2) is 55.5 Å². The van der Waals surface area contributed by atoms with Crippen LogP contribution in [0.4, 0.5) is 0 Å². The first-order valence-corrected chi connectivity index (χ1v) is 11.4. The molecule has 0 heterocycles. The van der Waals surface area contributed by atoms with Crippen molar-refractivity contribution in [2.75, 3.05) is 34.5 Å². The van der Waals surface area contributed by atoms with Crippen molar-refractivity contribution in [3.05, 3.63) is 0 Å². The minimum absolute atomic E-state index is 0.152. The quantitative estimate of drug-likeness (QED) is 0.260. The third-order valence-electron chi connectivity index (χ3n) is 4.48. The summed E-state index contributed by atoms with van der Waals surface area (Å²) in [5.74, 6) is -0.370. The zero-order chi connectivity index (χ0) is 20.2. The second-order valence-corrected chi connectivity index (χ2v) is 9.73. The van der Waals surface area contributed by atoms with E-state index in [1.807, 2.05) is 13.8 Å². The molecule has 0 fully saturated rings. The van der Waals surface area contributed by atoms with E-state index in [2.05, 4.69) is 13.8 Å². The number of ether oxygens (including phenoxy) is 2. The van der Waals surface area contributed by atoms with Crippen LogP contribution in [0, 0.1) is 17.8 Å². The van der Waals surface area contributed by atoms with E-state index in [0.717, 1.165) is 6.42 Å². The maximum atomic E-state index is 12.3. The fourth-order valence-electron chi connectivity index (χ4n) is 2.93. The van der Waals surface area contributed by atoms with E-state index in [0.29, 0.717) is 38.0 Å². The topological polar surface area (TPSA) is 89.2 Å². The zero-order valence-electron chi connectivity index (χ0n) is 17.6. The third kappa shape index (κ3) is 8.02. The van der Waals surface area contributed by atoms with Gasteiger partial charge < -0.3 is 28.5 Å². The molecular weight excluding hydrogens is 354 g/mol. The van der Waals surface area contributed by atoms with E-state index in [4.69, 9.17) is 28.5 Å². The molecule has 0 spiro atoms. The minimum atomic E-state index is -2.94. The Bertz CT molecular complexity index is 379. The normalized spacial score (nSPS) is 15.7. The average molecular weight is 394 g/mol. The molecule has 0 saturated carbocycles. The highest BCUT2D eigenvalue weighted by atomic mass is 28.4. The van der Waals surface area contributed by atoms with Crippen molar-refractivity contribution in [2.45, 2.75) is 59.3 Å². The van der Waals surface area contributed by atoms with Crippen molar-refractivity contribution in [2.24, 2.45) is 23.5 Å². The van der Waals surface area contributed by atoms with Crippen molar-refractivity contribution < 1.29 is 27.5 Å². The number of rotatable bonds is 15. The lowest BCUT2D eigenvalue weighted by Crippen LogP contribution is -2.51. The lowest BCUT2D eigenvalue weighted by atomic mass is 9.87. The van der Waals surface area contributed by atoms with E-state index >= 15 is 0 Å². The highest BCUT2D eigenvalue weighted by Gasteiger charge is 2.45. The van der Waals surface area contributed by atoms with Gasteiger partial charge in [0.05, 0.1) is 19.6 Å². The van der Waals surface area contributed by atoms with E-state index in [-0.39, 0.29) is 17.8 Å². The maximum absolute atomic E-state index is 12.3. The van der Waals surface area contributed by atoms with Gasteiger partial charge in [0.2, 0.25) is 0 Å². The second-order valence-electron chi connectivity index (χ2n) is 6.81. The summed E-state index contributed by atoms with van der Waals surface area (Å²) in [5.41, 5.74) is 5.65. The molecule has 2 N–H and O–H groups in total. The first-order valence-electron chi connectivity index (χ1n) is 9.52. The standard InChI is InChI=1S/C18H39NO6Si/c1-8-15(17(20)21-5)16(9-2)18(24-13-14(3)4)25-26(22-6,23-7)12-10-11-19/h14-16,18H,8-13,19H2,1-7H3. The molecule has 0 rings (SSSR count). The minimum Gasteiger partial charge on any atom is -0.469 e. The molecule has 0 aliphatic carbocycles. The predicted octanol–water partition coefficient (Wildman–Crippen LogP) is 2.81. The van der Waals surface area contributed by atoms with Crippen LogP contribution < -0.4 is 5.73 Å². The van der Waals surface area contributed by atoms with Gasteiger partial charge in [0.15, 0.2) is 6.29 Å². The van der Waals surface area contributed by atoms with Crippen molar-refractivity contribution in [1.82, 2.24) is 0 Å². The fourth-order valence-corrected chi connectivity index (χ4v) is 5.05. The van der Waals surface area contributed by atoms with Gasteiger partial charge in [0, 0.05) is 26.2 Å². The van der Waals surface area contributed by atoms with Gasteiger partial charge in [0.25, 0.3) is 0 Å². The van der Waals surface area contributed by atoms with E-state index in [9.17, 15) is 4.79 Å². The summed E-state index contributed by atoms with van der Waals surface area (Å²) in [6.45, 7) is 9.18. The number of hydrogen-bond donors (Lipinski definition) is 1. The Morgan fingerprint density at radius 3 is 2.08 bits per heavy atom. The van der Waals surface area contributed by atoms with E-state index < -0.39 is 15.1 Å². The number of hydrogen-bond acceptors (Lipinski definition) is 7. The first kappa shape index (κ1) is 25.5. The molecule has 0 aliphatic rings. The van der Waals surface area contributed by atoms with Crippen LogP contribution in [0.1, 0.15) is 47.0 Å². The summed E-state index contributed by atoms with van der Waals surface area (Å²) >= 11 is 0. The molecule has 156 valence electrons. The molecule has 0 aliphatic heterocycles. The lowest BCUT2D eigenvalue weighted by molar-refractivity contribution is -0.177. The van der Waals surface area contributed by atoms with Gasteiger partial charge >= 0.3 is 14.8 Å². The number of carbonyl (C=O) groups is 1. The van der Waals surface area contributed by atoms with Crippen molar-refractivity contribution in [3.63, 3.8) is 0 Å². The number of esters is 1. The van der Waals surface area contributed by atoms with Gasteiger partial charge in [-0.2, -0.15) is 0 Å². The molecular formula is C18H39NO6Si. The molecule has 0 amide bonds. The summed E-state index contributed by atoms with van der Waals surface area (Å²) < 4.78 is 28.7. The molecule has 3 atom stereocenters. The molecule has 3 unspecified atom stereocenters. The van der Waals surface area contributed by atoms with Crippen molar-refractivity contribution in [3.8, 4) is 0 Å². The molecule has 0 aromatic carbocycles. The van der Waals surface area contributed by atoms with Crippen LogP contribution in [-0.2, 0) is 27.5 Å². The Labute approximate surface area is 160 Å². The summed E-state index contributed by atoms with van der Waals surface area (Å²) in [5, 5.41) is 0. The third-order valence-corrected chi connectivity index (χ3v) is 7.28. The monoisotopic (exact) mass is 393 g/mol.